The third-order valence-corrected chi connectivity index (χ3v) is 0.974. The first-order chi connectivity index (χ1) is 4.16. The van der Waals surface area contributed by atoms with Crippen molar-refractivity contribution in [3.05, 3.63) is 0 Å². The van der Waals surface area contributed by atoms with Crippen molar-refractivity contribution in [3.8, 4) is 0 Å². The lowest BCUT2D eigenvalue weighted by molar-refractivity contribution is -0.138. The molecule has 1 N–H and O–H groups in total. The summed E-state index contributed by atoms with van der Waals surface area (Å²) in [5.41, 5.74) is 0. The molecular formula is C6H12O3. The molecule has 0 spiro atoms. The molecule has 0 amide bonds. The Hall–Kier alpha value is -0.570. The highest BCUT2D eigenvalue weighted by atomic mass is 16.5. The van der Waals surface area contributed by atoms with Crippen molar-refractivity contribution in [1.82, 2.24) is 0 Å². The van der Waals surface area contributed by atoms with Gasteiger partial charge in [-0.3, -0.25) is 4.79 Å². The van der Waals surface area contributed by atoms with Crippen LogP contribution in [0.3, 0.4) is 0 Å². The van der Waals surface area contributed by atoms with Crippen LogP contribution in [0.2, 0.25) is 0 Å². The molecule has 0 aromatic rings. The number of carbonyl (C=O) groups is 1. The molecule has 9 heavy (non-hydrogen) atoms. The lowest BCUT2D eigenvalue weighted by Gasteiger charge is -2.04. The fraction of sp³-hybridized carbons (Fsp3) is 0.833. The van der Waals surface area contributed by atoms with Crippen LogP contribution in [0.1, 0.15) is 13.3 Å². The van der Waals surface area contributed by atoms with Gasteiger partial charge in [0.1, 0.15) is 0 Å². The SMILES string of the molecule is COC[C@@H](C)CC(=O)O. The van der Waals surface area contributed by atoms with Crippen LogP contribution in [0.4, 0.5) is 0 Å². The van der Waals surface area contributed by atoms with Gasteiger partial charge in [-0.2, -0.15) is 0 Å². The van der Waals surface area contributed by atoms with Crippen LogP contribution in [-0.2, 0) is 9.53 Å². The Kier molecular flexibility index (Phi) is 4.05. The maximum absolute atomic E-state index is 10.0. The van der Waals surface area contributed by atoms with Crippen molar-refractivity contribution in [2.75, 3.05) is 13.7 Å². The van der Waals surface area contributed by atoms with Gasteiger partial charge >= 0.3 is 5.97 Å². The highest BCUT2D eigenvalue weighted by molar-refractivity contribution is 5.66. The first-order valence-corrected chi connectivity index (χ1v) is 2.87. The minimum Gasteiger partial charge on any atom is -0.481 e. The molecule has 0 unspecified atom stereocenters. The van der Waals surface area contributed by atoms with Crippen LogP contribution in [0, 0.1) is 5.92 Å². The molecule has 0 saturated heterocycles. The molecule has 0 aliphatic heterocycles. The molecule has 3 nitrogen and oxygen atoms in total. The second kappa shape index (κ2) is 4.32. The van der Waals surface area contributed by atoms with E-state index in [0.29, 0.717) is 6.61 Å². The van der Waals surface area contributed by atoms with Crippen LogP contribution in [-0.4, -0.2) is 24.8 Å². The second-order valence-electron chi connectivity index (χ2n) is 2.16. The van der Waals surface area contributed by atoms with Gasteiger partial charge in [0, 0.05) is 13.7 Å². The quantitative estimate of drug-likeness (QED) is 0.613. The average molecular weight is 132 g/mol. The van der Waals surface area contributed by atoms with Crippen molar-refractivity contribution < 1.29 is 14.6 Å². The molecule has 3 heteroatoms. The molecule has 0 aromatic carbocycles. The van der Waals surface area contributed by atoms with E-state index in [0.717, 1.165) is 0 Å². The van der Waals surface area contributed by atoms with E-state index in [1.54, 1.807) is 7.11 Å². The monoisotopic (exact) mass is 132 g/mol. The van der Waals surface area contributed by atoms with Crippen molar-refractivity contribution >= 4 is 5.97 Å². The summed E-state index contributed by atoms with van der Waals surface area (Å²) in [6.07, 6.45) is 0.188. The molecule has 0 saturated carbocycles. The summed E-state index contributed by atoms with van der Waals surface area (Å²) in [5, 5.41) is 8.25. The van der Waals surface area contributed by atoms with Gasteiger partial charge in [0.25, 0.3) is 0 Å². The maximum Gasteiger partial charge on any atom is 0.303 e. The molecule has 1 atom stereocenters. The highest BCUT2D eigenvalue weighted by Crippen LogP contribution is 2.00. The highest BCUT2D eigenvalue weighted by Gasteiger charge is 2.05. The van der Waals surface area contributed by atoms with Crippen molar-refractivity contribution in [3.63, 3.8) is 0 Å². The molecule has 0 aliphatic carbocycles. The third kappa shape index (κ3) is 5.30. The molecule has 0 heterocycles. The number of hydrogen-bond donors (Lipinski definition) is 1. The zero-order valence-electron chi connectivity index (χ0n) is 5.76. The van der Waals surface area contributed by atoms with E-state index >= 15 is 0 Å². The zero-order valence-corrected chi connectivity index (χ0v) is 5.76. The van der Waals surface area contributed by atoms with Gasteiger partial charge in [0.15, 0.2) is 0 Å². The fourth-order valence-corrected chi connectivity index (χ4v) is 0.642. The average Bonchev–Trinajstić information content (AvgIpc) is 1.63. The summed E-state index contributed by atoms with van der Waals surface area (Å²) in [7, 11) is 1.57. The first kappa shape index (κ1) is 8.43. The van der Waals surface area contributed by atoms with Crippen LogP contribution in [0.5, 0.6) is 0 Å². The van der Waals surface area contributed by atoms with E-state index < -0.39 is 5.97 Å². The van der Waals surface area contributed by atoms with Crippen molar-refractivity contribution in [1.29, 1.82) is 0 Å². The number of hydrogen-bond acceptors (Lipinski definition) is 2. The fourth-order valence-electron chi connectivity index (χ4n) is 0.642. The maximum atomic E-state index is 10.0. The number of carboxylic acids is 1. The van der Waals surface area contributed by atoms with E-state index in [1.807, 2.05) is 6.92 Å². The normalized spacial score (nSPS) is 13.1. The Morgan fingerprint density at radius 1 is 1.78 bits per heavy atom. The summed E-state index contributed by atoms with van der Waals surface area (Å²) in [4.78, 5) is 10.0. The minimum atomic E-state index is -0.764. The van der Waals surface area contributed by atoms with Crippen molar-refractivity contribution in [2.45, 2.75) is 13.3 Å². The predicted octanol–water partition coefficient (Wildman–Crippen LogP) is 0.744. The summed E-state index contributed by atoms with van der Waals surface area (Å²) in [5.74, 6) is -0.646. The topological polar surface area (TPSA) is 46.5 Å². The zero-order chi connectivity index (χ0) is 7.28. The van der Waals surface area contributed by atoms with Gasteiger partial charge in [-0.1, -0.05) is 6.92 Å². The molecule has 0 fully saturated rings. The Morgan fingerprint density at radius 2 is 2.33 bits per heavy atom. The molecule has 0 radical (unpaired) electrons. The lowest BCUT2D eigenvalue weighted by Crippen LogP contribution is -2.09. The van der Waals surface area contributed by atoms with E-state index in [9.17, 15) is 4.79 Å². The minimum absolute atomic E-state index is 0.118. The number of ether oxygens (including phenoxy) is 1. The Morgan fingerprint density at radius 3 is 2.67 bits per heavy atom. The first-order valence-electron chi connectivity index (χ1n) is 2.87. The molecule has 0 aromatic heterocycles. The van der Waals surface area contributed by atoms with Gasteiger partial charge in [0.05, 0.1) is 6.42 Å². The Bertz CT molecular complexity index is 90.3. The van der Waals surface area contributed by atoms with Gasteiger partial charge in [0.2, 0.25) is 0 Å². The largest absolute Gasteiger partial charge is 0.481 e. The van der Waals surface area contributed by atoms with Crippen LogP contribution in [0.25, 0.3) is 0 Å². The van der Waals surface area contributed by atoms with Crippen molar-refractivity contribution in [2.24, 2.45) is 5.92 Å². The van der Waals surface area contributed by atoms with Crippen LogP contribution < -0.4 is 0 Å². The standard InChI is InChI=1S/C6H12O3/c1-5(4-9-2)3-6(7)8/h5H,3-4H2,1-2H3,(H,7,8)/t5-/m0/s1. The second-order valence-corrected chi connectivity index (χ2v) is 2.16. The van der Waals surface area contributed by atoms with E-state index in [1.165, 1.54) is 0 Å². The summed E-state index contributed by atoms with van der Waals surface area (Å²) in [6.45, 7) is 2.37. The predicted molar refractivity (Wildman–Crippen MR) is 33.3 cm³/mol. The van der Waals surface area contributed by atoms with Gasteiger partial charge in [-0.25, -0.2) is 0 Å². The Balaban J connectivity index is 3.26. The number of aliphatic carboxylic acids is 1. The van der Waals surface area contributed by atoms with E-state index in [-0.39, 0.29) is 12.3 Å². The lowest BCUT2D eigenvalue weighted by atomic mass is 10.1. The third-order valence-electron chi connectivity index (χ3n) is 0.974. The van der Waals surface area contributed by atoms with E-state index in [4.69, 9.17) is 9.84 Å². The van der Waals surface area contributed by atoms with Crippen LogP contribution >= 0.6 is 0 Å². The van der Waals surface area contributed by atoms with Gasteiger partial charge in [-0.15, -0.1) is 0 Å². The number of methoxy groups -OCH3 is 1. The summed E-state index contributed by atoms with van der Waals surface area (Å²) < 4.78 is 4.74. The molecule has 0 rings (SSSR count). The summed E-state index contributed by atoms with van der Waals surface area (Å²) in [6, 6.07) is 0. The van der Waals surface area contributed by atoms with Gasteiger partial charge < -0.3 is 9.84 Å². The van der Waals surface area contributed by atoms with Crippen LogP contribution in [0.15, 0.2) is 0 Å². The molecule has 0 aliphatic rings. The summed E-state index contributed by atoms with van der Waals surface area (Å²) >= 11 is 0. The Labute approximate surface area is 54.6 Å². The van der Waals surface area contributed by atoms with E-state index in [2.05, 4.69) is 0 Å². The number of rotatable bonds is 4. The molecule has 54 valence electrons. The number of carboxylic acid groups (broad SMARTS) is 1. The van der Waals surface area contributed by atoms with Gasteiger partial charge in [-0.05, 0) is 5.92 Å². The molecule has 0 bridgehead atoms. The molecular weight excluding hydrogens is 120 g/mol. The smallest absolute Gasteiger partial charge is 0.303 e.